The van der Waals surface area contributed by atoms with Crippen LogP contribution in [0, 0.1) is 11.3 Å². The molecule has 2 aliphatic rings. The number of amides is 1. The van der Waals surface area contributed by atoms with Gasteiger partial charge >= 0.3 is 6.09 Å². The number of β-amino-alcohol motifs (C(OH)–C–C–N with tert-alkyl or cyclic N) is 1. The molecule has 9 heteroatoms. The first-order chi connectivity index (χ1) is 16.1. The molecule has 2 saturated heterocycles. The molecule has 1 aromatic rings. The van der Waals surface area contributed by atoms with E-state index in [-0.39, 0.29) is 24.9 Å². The lowest BCUT2D eigenvalue weighted by Gasteiger charge is -2.46. The van der Waals surface area contributed by atoms with Gasteiger partial charge in [-0.25, -0.2) is 4.79 Å². The van der Waals surface area contributed by atoms with Gasteiger partial charge in [-0.05, 0) is 51.5 Å². The quantitative estimate of drug-likeness (QED) is 0.580. The Morgan fingerprint density at radius 2 is 1.82 bits per heavy atom. The average Bonchev–Trinajstić information content (AvgIpc) is 2.76. The number of rotatable bonds is 9. The number of nitrogens with zero attached hydrogens (tertiary/aromatic N) is 4. The van der Waals surface area contributed by atoms with Crippen molar-refractivity contribution in [3.8, 4) is 11.8 Å². The highest BCUT2D eigenvalue weighted by atomic mass is 16.6. The molecule has 2 fully saturated rings. The van der Waals surface area contributed by atoms with E-state index in [2.05, 4.69) is 15.9 Å². The van der Waals surface area contributed by atoms with Crippen molar-refractivity contribution in [2.24, 2.45) is 0 Å². The van der Waals surface area contributed by atoms with Crippen LogP contribution in [-0.2, 0) is 9.47 Å². The van der Waals surface area contributed by atoms with Crippen molar-refractivity contribution in [1.82, 2.24) is 14.7 Å². The van der Waals surface area contributed by atoms with Crippen molar-refractivity contribution in [2.75, 3.05) is 59.5 Å². The zero-order chi connectivity index (χ0) is 24.7. The fourth-order valence-corrected chi connectivity index (χ4v) is 4.32. The maximum absolute atomic E-state index is 12.1. The molecule has 0 saturated carbocycles. The van der Waals surface area contributed by atoms with Gasteiger partial charge in [0.25, 0.3) is 0 Å². The minimum atomic E-state index is -0.603. The van der Waals surface area contributed by atoms with Crippen LogP contribution in [-0.4, -0.2) is 109 Å². The third-order valence-corrected chi connectivity index (χ3v) is 5.80. The van der Waals surface area contributed by atoms with Crippen LogP contribution in [0.2, 0.25) is 0 Å². The molecule has 2 unspecified atom stereocenters. The summed E-state index contributed by atoms with van der Waals surface area (Å²) in [4.78, 5) is 18.4. The maximum Gasteiger partial charge on any atom is 0.410 e. The first-order valence-electron chi connectivity index (χ1n) is 12.0. The highest BCUT2D eigenvalue weighted by Gasteiger charge is 2.35. The second kappa shape index (κ2) is 11.8. The molecule has 3 atom stereocenters. The summed E-state index contributed by atoms with van der Waals surface area (Å²) in [5, 5.41) is 19.3. The smallest absolute Gasteiger partial charge is 0.410 e. The first kappa shape index (κ1) is 26.2. The molecule has 1 amide bonds. The number of aliphatic hydroxyl groups excluding tert-OH is 1. The predicted octanol–water partition coefficient (Wildman–Crippen LogP) is 1.94. The first-order valence-corrected chi connectivity index (χ1v) is 12.0. The summed E-state index contributed by atoms with van der Waals surface area (Å²) in [5.41, 5.74) is 0.0965. The number of carbonyl (C=O) groups excluding carboxylic acids is 1. The van der Waals surface area contributed by atoms with Crippen LogP contribution < -0.4 is 4.74 Å². The van der Waals surface area contributed by atoms with Crippen LogP contribution in [0.3, 0.4) is 0 Å². The van der Waals surface area contributed by atoms with E-state index in [4.69, 9.17) is 19.5 Å². The van der Waals surface area contributed by atoms with E-state index < -0.39 is 11.7 Å². The van der Waals surface area contributed by atoms with Crippen molar-refractivity contribution in [1.29, 1.82) is 5.26 Å². The molecule has 9 nitrogen and oxygen atoms in total. The molecule has 0 spiro atoms. The molecular weight excluding hydrogens is 436 g/mol. The summed E-state index contributed by atoms with van der Waals surface area (Å²) in [7, 11) is 1.77. The Labute approximate surface area is 202 Å². The van der Waals surface area contributed by atoms with Gasteiger partial charge in [0.15, 0.2) is 0 Å². The second-order valence-corrected chi connectivity index (χ2v) is 10.2. The molecule has 3 rings (SSSR count). The zero-order valence-electron chi connectivity index (χ0n) is 20.8. The standard InChI is InChI=1S/C25H38N4O5/c1-25(2,3)34-24(31)27(4)10-5-11-28-14-22-16-29(17-23(15-28)33-22)13-20(30)18-32-21-8-6-19(12-26)7-9-21/h6-9,20,22-23,30H,5,10-11,13-18H2,1-4H3/t20-,22?,23?/m0/s1. The van der Waals surface area contributed by atoms with E-state index in [0.717, 1.165) is 39.1 Å². The highest BCUT2D eigenvalue weighted by Crippen LogP contribution is 2.20. The van der Waals surface area contributed by atoms with Gasteiger partial charge in [0, 0.05) is 52.9 Å². The Hall–Kier alpha value is -2.38. The van der Waals surface area contributed by atoms with Crippen molar-refractivity contribution in [2.45, 2.75) is 51.1 Å². The number of morpholine rings is 2. The van der Waals surface area contributed by atoms with Gasteiger partial charge in [-0.3, -0.25) is 9.80 Å². The molecule has 1 aromatic carbocycles. The van der Waals surface area contributed by atoms with Crippen LogP contribution in [0.25, 0.3) is 0 Å². The van der Waals surface area contributed by atoms with E-state index in [1.165, 1.54) is 0 Å². The van der Waals surface area contributed by atoms with Crippen LogP contribution >= 0.6 is 0 Å². The fraction of sp³-hybridized carbons (Fsp3) is 0.680. The Morgan fingerprint density at radius 1 is 1.21 bits per heavy atom. The van der Waals surface area contributed by atoms with Crippen LogP contribution in [0.1, 0.15) is 32.8 Å². The Balaban J connectivity index is 1.35. The molecule has 2 aliphatic heterocycles. The normalized spacial score (nSPS) is 22.0. The lowest BCUT2D eigenvalue weighted by Crippen LogP contribution is -2.60. The third kappa shape index (κ3) is 8.44. The van der Waals surface area contributed by atoms with Gasteiger partial charge in [-0.15, -0.1) is 0 Å². The number of aliphatic hydroxyl groups is 1. The summed E-state index contributed by atoms with van der Waals surface area (Å²) >= 11 is 0. The largest absolute Gasteiger partial charge is 0.491 e. The number of ether oxygens (including phenoxy) is 3. The minimum absolute atomic E-state index is 0.114. The highest BCUT2D eigenvalue weighted by molar-refractivity contribution is 5.67. The molecule has 2 bridgehead atoms. The van der Waals surface area contributed by atoms with Gasteiger partial charge in [0.2, 0.25) is 0 Å². The Bertz CT molecular complexity index is 821. The zero-order valence-corrected chi connectivity index (χ0v) is 20.8. The molecule has 188 valence electrons. The molecule has 0 aromatic heterocycles. The van der Waals surface area contributed by atoms with E-state index in [1.54, 1.807) is 36.2 Å². The second-order valence-electron chi connectivity index (χ2n) is 10.2. The topological polar surface area (TPSA) is 98.5 Å². The Kier molecular flexibility index (Phi) is 9.14. The summed E-state index contributed by atoms with van der Waals surface area (Å²) in [5.74, 6) is 0.643. The molecule has 0 radical (unpaired) electrons. The van der Waals surface area contributed by atoms with Crippen molar-refractivity contribution in [3.05, 3.63) is 29.8 Å². The van der Waals surface area contributed by atoms with Crippen molar-refractivity contribution < 1.29 is 24.1 Å². The molecule has 34 heavy (non-hydrogen) atoms. The lowest BCUT2D eigenvalue weighted by atomic mass is 10.1. The van der Waals surface area contributed by atoms with Gasteiger partial charge < -0.3 is 24.2 Å². The number of hydrogen-bond donors (Lipinski definition) is 1. The molecular formula is C25H38N4O5. The third-order valence-electron chi connectivity index (χ3n) is 5.80. The number of carbonyl (C=O) groups is 1. The molecule has 2 heterocycles. The van der Waals surface area contributed by atoms with Gasteiger partial charge in [-0.2, -0.15) is 5.26 Å². The fourth-order valence-electron chi connectivity index (χ4n) is 4.32. The van der Waals surface area contributed by atoms with E-state index in [9.17, 15) is 9.90 Å². The number of hydrogen-bond acceptors (Lipinski definition) is 8. The predicted molar refractivity (Wildman–Crippen MR) is 128 cm³/mol. The van der Waals surface area contributed by atoms with Crippen LogP contribution in [0.5, 0.6) is 5.75 Å². The van der Waals surface area contributed by atoms with E-state index in [0.29, 0.717) is 24.4 Å². The number of nitriles is 1. The van der Waals surface area contributed by atoms with E-state index >= 15 is 0 Å². The summed E-state index contributed by atoms with van der Waals surface area (Å²) in [6, 6.07) is 8.96. The lowest BCUT2D eigenvalue weighted by molar-refractivity contribution is -0.143. The summed E-state index contributed by atoms with van der Waals surface area (Å²) < 4.78 is 17.2. The SMILES string of the molecule is CN(CCCN1CC2CN(C[C@H](O)COc3ccc(C#N)cc3)CC(C1)O2)C(=O)OC(C)(C)C. The molecule has 0 aliphatic carbocycles. The number of fused-ring (bicyclic) bond motifs is 2. The van der Waals surface area contributed by atoms with Gasteiger partial charge in [0.05, 0.1) is 23.8 Å². The van der Waals surface area contributed by atoms with Gasteiger partial charge in [0.1, 0.15) is 24.1 Å². The summed E-state index contributed by atoms with van der Waals surface area (Å²) in [6.45, 7) is 11.2. The average molecular weight is 475 g/mol. The summed E-state index contributed by atoms with van der Waals surface area (Å²) in [6.07, 6.45) is 0.215. The molecule has 1 N–H and O–H groups in total. The van der Waals surface area contributed by atoms with Gasteiger partial charge in [-0.1, -0.05) is 0 Å². The van der Waals surface area contributed by atoms with E-state index in [1.807, 2.05) is 20.8 Å². The Morgan fingerprint density at radius 3 is 2.41 bits per heavy atom. The van der Waals surface area contributed by atoms with Crippen molar-refractivity contribution in [3.63, 3.8) is 0 Å². The van der Waals surface area contributed by atoms with Crippen LogP contribution in [0.15, 0.2) is 24.3 Å². The van der Waals surface area contributed by atoms with Crippen molar-refractivity contribution >= 4 is 6.09 Å². The number of benzene rings is 1. The van der Waals surface area contributed by atoms with Crippen LogP contribution in [0.4, 0.5) is 4.79 Å². The minimum Gasteiger partial charge on any atom is -0.491 e. The maximum atomic E-state index is 12.1. The monoisotopic (exact) mass is 474 g/mol.